The molecule has 2 amide bonds. The maximum absolute atomic E-state index is 12.7. The average molecular weight is 504 g/mol. The number of ether oxygens (including phenoxy) is 1. The Labute approximate surface area is 211 Å². The van der Waals surface area contributed by atoms with E-state index in [0.717, 1.165) is 11.8 Å². The van der Waals surface area contributed by atoms with Crippen LogP contribution in [0.25, 0.3) is 0 Å². The van der Waals surface area contributed by atoms with E-state index in [9.17, 15) is 24.6 Å². The monoisotopic (exact) mass is 503 g/mol. The normalized spacial score (nSPS) is 30.9. The number of esters is 1. The van der Waals surface area contributed by atoms with Crippen LogP contribution in [0.2, 0.25) is 0 Å². The molecule has 1 aromatic heterocycles. The van der Waals surface area contributed by atoms with Crippen molar-refractivity contribution in [3.63, 3.8) is 0 Å². The number of carbonyl (C=O) groups excluding carboxylic acids is 3. The molecule has 1 aliphatic heterocycles. The number of amides is 2. The van der Waals surface area contributed by atoms with Gasteiger partial charge in [0.05, 0.1) is 18.6 Å². The minimum absolute atomic E-state index is 0.00233. The number of hydrogen-bond donors (Lipinski definition) is 4. The number of carbonyl (C=O) groups is 3. The summed E-state index contributed by atoms with van der Waals surface area (Å²) in [5.41, 5.74) is 0.719. The molecule has 1 aliphatic rings. The summed E-state index contributed by atoms with van der Waals surface area (Å²) in [4.78, 5) is 41.5. The van der Waals surface area contributed by atoms with E-state index in [4.69, 9.17) is 9.15 Å². The molecule has 4 N–H and O–H groups in total. The minimum Gasteiger partial charge on any atom is -0.460 e. The summed E-state index contributed by atoms with van der Waals surface area (Å²) in [5, 5.41) is 25.8. The van der Waals surface area contributed by atoms with E-state index in [0.29, 0.717) is 0 Å². The highest BCUT2D eigenvalue weighted by molar-refractivity contribution is 5.94. The van der Waals surface area contributed by atoms with Crippen LogP contribution in [0.4, 0.5) is 0 Å². The second kappa shape index (κ2) is 13.7. The van der Waals surface area contributed by atoms with Gasteiger partial charge in [0.25, 0.3) is 5.91 Å². The Morgan fingerprint density at radius 2 is 1.86 bits per heavy atom. The van der Waals surface area contributed by atoms with E-state index < -0.39 is 36.2 Å². The summed E-state index contributed by atoms with van der Waals surface area (Å²) >= 11 is 0. The number of aliphatic hydroxyl groups excluding tert-OH is 2. The standard InChI is InChI=1S/C26H37N3O7/c1-15(2)24-17(4)8-9-22(32)27-10-6-7-16(3)11-19(30)12-20(31)13-23-29-21(14-35-23)25(33)28-18(5)26(34)36-24/h6-9,11,14-15,17-20,24,30-31H,10,12-13H2,1-5H3,(H,27,32)(H,28,33)/b7-6-,9-8+,16-11-. The van der Waals surface area contributed by atoms with Gasteiger partial charge in [-0.15, -0.1) is 0 Å². The third-order valence-electron chi connectivity index (χ3n) is 5.62. The number of oxazole rings is 1. The Kier molecular flexibility index (Phi) is 11.1. The van der Waals surface area contributed by atoms with Crippen LogP contribution >= 0.6 is 0 Å². The van der Waals surface area contributed by atoms with Crippen LogP contribution in [0.5, 0.6) is 0 Å². The molecule has 10 nitrogen and oxygen atoms in total. The molecular formula is C26H37N3O7. The Balaban J connectivity index is 2.24. The van der Waals surface area contributed by atoms with Crippen molar-refractivity contribution in [2.45, 2.75) is 71.8 Å². The number of aromatic nitrogens is 1. The Morgan fingerprint density at radius 3 is 2.56 bits per heavy atom. The highest BCUT2D eigenvalue weighted by Crippen LogP contribution is 2.19. The number of cyclic esters (lactones) is 1. The molecule has 10 heteroatoms. The van der Waals surface area contributed by atoms with Gasteiger partial charge in [0.1, 0.15) is 18.4 Å². The van der Waals surface area contributed by atoms with Gasteiger partial charge in [-0.2, -0.15) is 0 Å². The van der Waals surface area contributed by atoms with Gasteiger partial charge in [0.2, 0.25) is 5.91 Å². The molecule has 2 heterocycles. The topological polar surface area (TPSA) is 151 Å². The van der Waals surface area contributed by atoms with E-state index in [-0.39, 0.29) is 48.7 Å². The van der Waals surface area contributed by atoms with Gasteiger partial charge in [0.15, 0.2) is 11.6 Å². The number of nitrogens with zero attached hydrogens (tertiary/aromatic N) is 1. The highest BCUT2D eigenvalue weighted by atomic mass is 16.5. The van der Waals surface area contributed by atoms with E-state index in [1.807, 2.05) is 20.8 Å². The molecule has 0 aliphatic carbocycles. The van der Waals surface area contributed by atoms with Crippen molar-refractivity contribution in [1.82, 2.24) is 15.6 Å². The molecule has 0 saturated carbocycles. The zero-order chi connectivity index (χ0) is 26.8. The summed E-state index contributed by atoms with van der Waals surface area (Å²) in [6.45, 7) is 9.24. The van der Waals surface area contributed by atoms with Crippen molar-refractivity contribution < 1.29 is 33.8 Å². The van der Waals surface area contributed by atoms with Crippen LogP contribution in [-0.4, -0.2) is 63.9 Å². The molecule has 198 valence electrons. The van der Waals surface area contributed by atoms with E-state index in [1.54, 1.807) is 31.2 Å². The Morgan fingerprint density at radius 1 is 1.14 bits per heavy atom. The maximum Gasteiger partial charge on any atom is 0.328 e. The van der Waals surface area contributed by atoms with Crippen molar-refractivity contribution in [2.24, 2.45) is 11.8 Å². The van der Waals surface area contributed by atoms with E-state index in [1.165, 1.54) is 13.0 Å². The van der Waals surface area contributed by atoms with Crippen LogP contribution in [0.3, 0.4) is 0 Å². The second-order valence-corrected chi connectivity index (χ2v) is 9.40. The summed E-state index contributed by atoms with van der Waals surface area (Å²) in [5.74, 6) is -1.70. The van der Waals surface area contributed by atoms with Crippen LogP contribution in [0, 0.1) is 11.8 Å². The van der Waals surface area contributed by atoms with Gasteiger partial charge < -0.3 is 30.0 Å². The van der Waals surface area contributed by atoms with E-state index in [2.05, 4.69) is 15.6 Å². The Bertz CT molecular complexity index is 995. The maximum atomic E-state index is 12.7. The number of nitrogens with one attached hydrogen (secondary N) is 2. The molecule has 36 heavy (non-hydrogen) atoms. The number of rotatable bonds is 1. The average Bonchev–Trinajstić information content (AvgIpc) is 3.25. The lowest BCUT2D eigenvalue weighted by molar-refractivity contribution is -0.155. The first-order valence-electron chi connectivity index (χ1n) is 12.1. The fourth-order valence-electron chi connectivity index (χ4n) is 3.73. The van der Waals surface area contributed by atoms with E-state index >= 15 is 0 Å². The number of aliphatic hydroxyl groups is 2. The fraction of sp³-hybridized carbons (Fsp3) is 0.538. The zero-order valence-corrected chi connectivity index (χ0v) is 21.4. The predicted octanol–water partition coefficient (Wildman–Crippen LogP) is 1.84. The number of allylic oxidation sites excluding steroid dienone is 2. The fourth-order valence-corrected chi connectivity index (χ4v) is 3.73. The predicted molar refractivity (Wildman–Crippen MR) is 133 cm³/mol. The van der Waals surface area contributed by atoms with Crippen molar-refractivity contribution in [3.8, 4) is 0 Å². The first-order chi connectivity index (χ1) is 17.0. The smallest absolute Gasteiger partial charge is 0.328 e. The molecule has 2 rings (SSSR count). The number of fused-ring (bicyclic) bond motifs is 2. The molecule has 0 spiro atoms. The first-order valence-corrected chi connectivity index (χ1v) is 12.1. The van der Waals surface area contributed by atoms with Crippen LogP contribution in [0.15, 0.2) is 46.6 Å². The second-order valence-electron chi connectivity index (χ2n) is 9.40. The lowest BCUT2D eigenvalue weighted by atomic mass is 9.94. The molecule has 5 unspecified atom stereocenters. The van der Waals surface area contributed by atoms with Crippen LogP contribution in [-0.2, 0) is 20.7 Å². The van der Waals surface area contributed by atoms with Crippen LogP contribution in [0.1, 0.15) is 57.4 Å². The minimum atomic E-state index is -0.959. The van der Waals surface area contributed by atoms with Gasteiger partial charge in [-0.25, -0.2) is 9.78 Å². The molecule has 5 atom stereocenters. The molecule has 2 bridgehead atoms. The molecular weight excluding hydrogens is 466 g/mol. The molecule has 0 saturated heterocycles. The van der Waals surface area contributed by atoms with Gasteiger partial charge >= 0.3 is 5.97 Å². The molecule has 0 fully saturated rings. The summed E-state index contributed by atoms with van der Waals surface area (Å²) < 4.78 is 10.9. The van der Waals surface area contributed by atoms with Gasteiger partial charge in [-0.3, -0.25) is 9.59 Å². The van der Waals surface area contributed by atoms with Gasteiger partial charge in [-0.05, 0) is 25.8 Å². The molecule has 1 aromatic rings. The quantitative estimate of drug-likeness (QED) is 0.424. The van der Waals surface area contributed by atoms with Crippen molar-refractivity contribution >= 4 is 17.8 Å². The van der Waals surface area contributed by atoms with Gasteiger partial charge in [0, 0.05) is 18.9 Å². The first kappa shape index (κ1) is 29.0. The molecule has 0 aromatic carbocycles. The summed E-state index contributed by atoms with van der Waals surface area (Å²) in [6.07, 6.45) is 6.98. The lowest BCUT2D eigenvalue weighted by Crippen LogP contribution is -2.42. The third kappa shape index (κ3) is 9.43. The van der Waals surface area contributed by atoms with Gasteiger partial charge in [-0.1, -0.05) is 50.6 Å². The Hall–Kier alpha value is -3.24. The number of hydrogen-bond acceptors (Lipinski definition) is 8. The highest BCUT2D eigenvalue weighted by Gasteiger charge is 2.28. The lowest BCUT2D eigenvalue weighted by Gasteiger charge is -2.27. The SMILES string of the molecule is CC1=C/C(O)CC(O)Cc2nc(co2)C(=O)NC(C)C(=O)OC(C(C)C)C(C)/C=C/C(=O)NC/C=C\1. The molecule has 0 radical (unpaired) electrons. The largest absolute Gasteiger partial charge is 0.460 e. The van der Waals surface area contributed by atoms with Crippen molar-refractivity contribution in [1.29, 1.82) is 0 Å². The van der Waals surface area contributed by atoms with Crippen LogP contribution < -0.4 is 10.6 Å². The van der Waals surface area contributed by atoms with Crippen molar-refractivity contribution in [2.75, 3.05) is 6.54 Å². The van der Waals surface area contributed by atoms with Crippen molar-refractivity contribution in [3.05, 3.63) is 53.8 Å². The summed E-state index contributed by atoms with van der Waals surface area (Å²) in [7, 11) is 0. The zero-order valence-electron chi connectivity index (χ0n) is 21.4. The third-order valence-corrected chi connectivity index (χ3v) is 5.62. The summed E-state index contributed by atoms with van der Waals surface area (Å²) in [6, 6.07) is -0.956.